The van der Waals surface area contributed by atoms with E-state index < -0.39 is 0 Å². The van der Waals surface area contributed by atoms with Crippen molar-refractivity contribution in [2.24, 2.45) is 5.92 Å². The molecule has 0 saturated carbocycles. The first-order chi connectivity index (χ1) is 8.97. The number of rotatable bonds is 3. The smallest absolute Gasteiger partial charge is 0.0501 e. The lowest BCUT2D eigenvalue weighted by Gasteiger charge is -2.33. The Morgan fingerprint density at radius 2 is 2.00 bits per heavy atom. The van der Waals surface area contributed by atoms with E-state index in [0.717, 1.165) is 26.7 Å². The second kappa shape index (κ2) is 6.47. The SMILES string of the molecule is Cc1cc(Br)c(NC(C)C2CCN(C)CC2)cc1Cl. The van der Waals surface area contributed by atoms with E-state index in [2.05, 4.69) is 46.2 Å². The molecule has 1 unspecified atom stereocenters. The zero-order valence-electron chi connectivity index (χ0n) is 11.8. The van der Waals surface area contributed by atoms with E-state index in [0.29, 0.717) is 6.04 Å². The Hall–Kier alpha value is -0.250. The monoisotopic (exact) mass is 344 g/mol. The molecule has 19 heavy (non-hydrogen) atoms. The number of likely N-dealkylation sites (tertiary alicyclic amines) is 1. The Morgan fingerprint density at radius 1 is 1.37 bits per heavy atom. The second-order valence-electron chi connectivity index (χ2n) is 5.65. The van der Waals surface area contributed by atoms with Crippen LogP contribution in [0.25, 0.3) is 0 Å². The maximum absolute atomic E-state index is 6.21. The third kappa shape index (κ3) is 3.87. The lowest BCUT2D eigenvalue weighted by atomic mass is 9.90. The lowest BCUT2D eigenvalue weighted by molar-refractivity contribution is 0.208. The van der Waals surface area contributed by atoms with Crippen LogP contribution in [0.1, 0.15) is 25.3 Å². The molecule has 1 atom stereocenters. The predicted octanol–water partition coefficient (Wildman–Crippen LogP) is 4.55. The molecule has 0 amide bonds. The molecule has 1 N–H and O–H groups in total. The van der Waals surface area contributed by atoms with Gasteiger partial charge in [-0.3, -0.25) is 0 Å². The Labute approximate surface area is 129 Å². The van der Waals surface area contributed by atoms with Crippen LogP contribution in [0.3, 0.4) is 0 Å². The van der Waals surface area contributed by atoms with Gasteiger partial charge < -0.3 is 10.2 Å². The molecule has 0 aromatic heterocycles. The number of benzene rings is 1. The van der Waals surface area contributed by atoms with Gasteiger partial charge in [0.25, 0.3) is 0 Å². The first kappa shape index (κ1) is 15.1. The molecular formula is C15H22BrClN2. The molecule has 2 rings (SSSR count). The van der Waals surface area contributed by atoms with E-state index in [4.69, 9.17) is 11.6 Å². The summed E-state index contributed by atoms with van der Waals surface area (Å²) in [5.41, 5.74) is 2.20. The molecule has 1 saturated heterocycles. The minimum absolute atomic E-state index is 0.476. The van der Waals surface area contributed by atoms with E-state index >= 15 is 0 Å². The fraction of sp³-hybridized carbons (Fsp3) is 0.600. The molecule has 0 radical (unpaired) electrons. The Balaban J connectivity index is 2.02. The van der Waals surface area contributed by atoms with Crippen molar-refractivity contribution in [3.63, 3.8) is 0 Å². The second-order valence-corrected chi connectivity index (χ2v) is 6.92. The van der Waals surface area contributed by atoms with Crippen molar-refractivity contribution < 1.29 is 0 Å². The molecule has 1 heterocycles. The van der Waals surface area contributed by atoms with Crippen LogP contribution in [0.2, 0.25) is 5.02 Å². The van der Waals surface area contributed by atoms with Crippen LogP contribution >= 0.6 is 27.5 Å². The maximum Gasteiger partial charge on any atom is 0.0501 e. The average molecular weight is 346 g/mol. The fourth-order valence-electron chi connectivity index (χ4n) is 2.65. The standard InChI is InChI=1S/C15H22BrClN2/c1-10-8-13(16)15(9-14(10)17)18-11(2)12-4-6-19(3)7-5-12/h8-9,11-12,18H,4-7H2,1-3H3. The Kier molecular flexibility index (Phi) is 5.15. The highest BCUT2D eigenvalue weighted by Gasteiger charge is 2.22. The van der Waals surface area contributed by atoms with Gasteiger partial charge in [-0.2, -0.15) is 0 Å². The third-order valence-corrected chi connectivity index (χ3v) is 5.17. The van der Waals surface area contributed by atoms with Crippen LogP contribution < -0.4 is 5.32 Å². The summed E-state index contributed by atoms with van der Waals surface area (Å²) in [7, 11) is 2.20. The molecular weight excluding hydrogens is 324 g/mol. The molecule has 106 valence electrons. The Bertz CT molecular complexity index is 442. The van der Waals surface area contributed by atoms with Crippen LogP contribution in [0.5, 0.6) is 0 Å². The normalized spacial score (nSPS) is 19.4. The highest BCUT2D eigenvalue weighted by atomic mass is 79.9. The number of halogens is 2. The molecule has 1 aromatic carbocycles. The van der Waals surface area contributed by atoms with Crippen LogP contribution in [-0.4, -0.2) is 31.1 Å². The van der Waals surface area contributed by atoms with Gasteiger partial charge in [0, 0.05) is 15.5 Å². The van der Waals surface area contributed by atoms with Crippen molar-refractivity contribution in [3.8, 4) is 0 Å². The minimum atomic E-state index is 0.476. The number of piperidine rings is 1. The number of aryl methyl sites for hydroxylation is 1. The Morgan fingerprint density at radius 3 is 2.63 bits per heavy atom. The largest absolute Gasteiger partial charge is 0.381 e. The van der Waals surface area contributed by atoms with Gasteiger partial charge in [-0.15, -0.1) is 0 Å². The van der Waals surface area contributed by atoms with E-state index in [-0.39, 0.29) is 0 Å². The van der Waals surface area contributed by atoms with Crippen molar-refractivity contribution in [2.45, 2.75) is 32.7 Å². The summed E-state index contributed by atoms with van der Waals surface area (Å²) in [6.45, 7) is 6.70. The topological polar surface area (TPSA) is 15.3 Å². The maximum atomic E-state index is 6.21. The molecule has 2 nitrogen and oxygen atoms in total. The first-order valence-electron chi connectivity index (χ1n) is 6.88. The first-order valence-corrected chi connectivity index (χ1v) is 8.05. The van der Waals surface area contributed by atoms with Gasteiger partial charge in [-0.1, -0.05) is 11.6 Å². The van der Waals surface area contributed by atoms with Gasteiger partial charge in [0.15, 0.2) is 0 Å². The van der Waals surface area contributed by atoms with E-state index in [9.17, 15) is 0 Å². The van der Waals surface area contributed by atoms with Crippen LogP contribution in [0, 0.1) is 12.8 Å². The molecule has 0 aliphatic carbocycles. The number of nitrogens with zero attached hydrogens (tertiary/aromatic N) is 1. The van der Waals surface area contributed by atoms with Gasteiger partial charge in [-0.05, 0) is 86.4 Å². The quantitative estimate of drug-likeness (QED) is 0.864. The summed E-state index contributed by atoms with van der Waals surface area (Å²) in [4.78, 5) is 2.40. The van der Waals surface area contributed by atoms with Gasteiger partial charge >= 0.3 is 0 Å². The number of hydrogen-bond acceptors (Lipinski definition) is 2. The van der Waals surface area contributed by atoms with Gasteiger partial charge in [0.2, 0.25) is 0 Å². The molecule has 1 aliphatic heterocycles. The zero-order chi connectivity index (χ0) is 14.0. The summed E-state index contributed by atoms with van der Waals surface area (Å²) in [6.07, 6.45) is 2.53. The highest BCUT2D eigenvalue weighted by Crippen LogP contribution is 2.31. The average Bonchev–Trinajstić information content (AvgIpc) is 2.36. The molecule has 4 heteroatoms. The summed E-state index contributed by atoms with van der Waals surface area (Å²) in [6, 6.07) is 4.57. The zero-order valence-corrected chi connectivity index (χ0v) is 14.2. The fourth-order valence-corrected chi connectivity index (χ4v) is 3.38. The van der Waals surface area contributed by atoms with Crippen LogP contribution in [0.15, 0.2) is 16.6 Å². The number of hydrogen-bond donors (Lipinski definition) is 1. The van der Waals surface area contributed by atoms with Crippen molar-refractivity contribution >= 4 is 33.2 Å². The summed E-state index contributed by atoms with van der Waals surface area (Å²) in [5.74, 6) is 0.739. The number of nitrogens with one attached hydrogen (secondary N) is 1. The minimum Gasteiger partial charge on any atom is -0.381 e. The molecule has 1 fully saturated rings. The third-order valence-electron chi connectivity index (χ3n) is 4.10. The van der Waals surface area contributed by atoms with Crippen molar-refractivity contribution in [2.75, 3.05) is 25.5 Å². The van der Waals surface area contributed by atoms with E-state index in [1.165, 1.54) is 25.9 Å². The summed E-state index contributed by atoms with van der Waals surface area (Å²) < 4.78 is 1.09. The van der Waals surface area contributed by atoms with Crippen molar-refractivity contribution in [3.05, 3.63) is 27.2 Å². The summed E-state index contributed by atoms with van der Waals surface area (Å²) >= 11 is 9.82. The van der Waals surface area contributed by atoms with E-state index in [1.54, 1.807) is 0 Å². The summed E-state index contributed by atoms with van der Waals surface area (Å²) in [5, 5.41) is 4.43. The lowest BCUT2D eigenvalue weighted by Crippen LogP contribution is -2.37. The highest BCUT2D eigenvalue weighted by molar-refractivity contribution is 9.10. The molecule has 1 aliphatic rings. The van der Waals surface area contributed by atoms with Crippen LogP contribution in [-0.2, 0) is 0 Å². The predicted molar refractivity (Wildman–Crippen MR) is 87.2 cm³/mol. The van der Waals surface area contributed by atoms with Gasteiger partial charge in [0.1, 0.15) is 0 Å². The van der Waals surface area contributed by atoms with Crippen LogP contribution in [0.4, 0.5) is 5.69 Å². The molecule has 1 aromatic rings. The van der Waals surface area contributed by atoms with Gasteiger partial charge in [-0.25, -0.2) is 0 Å². The molecule has 0 spiro atoms. The number of anilines is 1. The van der Waals surface area contributed by atoms with E-state index in [1.807, 2.05) is 13.0 Å². The van der Waals surface area contributed by atoms with Crippen molar-refractivity contribution in [1.29, 1.82) is 0 Å². The van der Waals surface area contributed by atoms with Crippen molar-refractivity contribution in [1.82, 2.24) is 4.90 Å². The van der Waals surface area contributed by atoms with Gasteiger partial charge in [0.05, 0.1) is 5.69 Å². The molecule has 0 bridgehead atoms.